The quantitative estimate of drug-likeness (QED) is 0.727. The van der Waals surface area contributed by atoms with Crippen molar-refractivity contribution in [2.24, 2.45) is 0 Å². The molecule has 1 N–H and O–H groups in total. The molecule has 2 aliphatic rings. The van der Waals surface area contributed by atoms with Gasteiger partial charge in [0.1, 0.15) is 0 Å². The molecule has 0 bridgehead atoms. The van der Waals surface area contributed by atoms with Crippen LogP contribution in [0, 0.1) is 11.3 Å². The van der Waals surface area contributed by atoms with Crippen LogP contribution in [0.15, 0.2) is 12.1 Å². The highest BCUT2D eigenvalue weighted by molar-refractivity contribution is 6.33. The lowest BCUT2D eigenvalue weighted by Gasteiger charge is -2.24. The van der Waals surface area contributed by atoms with Crippen LogP contribution in [0.5, 0.6) is 0 Å². The minimum atomic E-state index is 0.733. The maximum atomic E-state index is 9.61. The normalized spacial score (nSPS) is 16.4. The summed E-state index contributed by atoms with van der Waals surface area (Å²) in [6.07, 6.45) is 10.4. The number of nitriles is 1. The molecule has 0 radical (unpaired) electrons. The van der Waals surface area contributed by atoms with E-state index < -0.39 is 0 Å². The Kier molecular flexibility index (Phi) is 7.63. The first kappa shape index (κ1) is 23.0. The molecule has 1 saturated heterocycles. The number of benzene rings is 1. The molecule has 1 fully saturated rings. The van der Waals surface area contributed by atoms with E-state index in [9.17, 15) is 5.26 Å². The van der Waals surface area contributed by atoms with Crippen LogP contribution >= 0.6 is 11.6 Å². The summed E-state index contributed by atoms with van der Waals surface area (Å²) in [5.74, 6) is 0. The number of rotatable bonds is 6. The zero-order valence-corrected chi connectivity index (χ0v) is 20.1. The van der Waals surface area contributed by atoms with Crippen molar-refractivity contribution < 1.29 is 0 Å². The number of nitrogens with one attached hydrogen (secondary N) is 1. The molecule has 168 valence electrons. The Balaban J connectivity index is 1.96. The van der Waals surface area contributed by atoms with Crippen LogP contribution in [0.4, 0.5) is 0 Å². The lowest BCUT2D eigenvalue weighted by atomic mass is 9.87. The van der Waals surface area contributed by atoms with Gasteiger partial charge in [-0.3, -0.25) is 9.88 Å². The van der Waals surface area contributed by atoms with Gasteiger partial charge in [-0.15, -0.1) is 0 Å². The fourth-order valence-electron chi connectivity index (χ4n) is 4.97. The summed E-state index contributed by atoms with van der Waals surface area (Å²) >= 11 is 7.20. The van der Waals surface area contributed by atoms with Crippen molar-refractivity contribution in [3.8, 4) is 17.2 Å². The van der Waals surface area contributed by atoms with E-state index in [1.807, 2.05) is 6.07 Å². The van der Waals surface area contributed by atoms with Crippen LogP contribution in [0.25, 0.3) is 23.3 Å². The molecule has 0 amide bonds. The van der Waals surface area contributed by atoms with E-state index >= 15 is 0 Å². The van der Waals surface area contributed by atoms with E-state index in [-0.39, 0.29) is 0 Å². The van der Waals surface area contributed by atoms with Crippen molar-refractivity contribution in [1.82, 2.24) is 15.2 Å². The maximum Gasteiger partial charge on any atom is 0.0991 e. The van der Waals surface area contributed by atoms with Crippen molar-refractivity contribution in [2.75, 3.05) is 26.2 Å². The summed E-state index contributed by atoms with van der Waals surface area (Å²) in [5, 5.41) is 16.0. The molecule has 1 aromatic heterocycles. The van der Waals surface area contributed by atoms with Gasteiger partial charge in [-0.05, 0) is 74.0 Å². The average molecular weight is 449 g/mol. The summed E-state index contributed by atoms with van der Waals surface area (Å²) < 4.78 is 0. The summed E-state index contributed by atoms with van der Waals surface area (Å²) in [7, 11) is 0. The largest absolute Gasteiger partial charge is 0.315 e. The van der Waals surface area contributed by atoms with Crippen molar-refractivity contribution in [3.05, 3.63) is 50.1 Å². The first-order valence-corrected chi connectivity index (χ1v) is 12.4. The molecule has 1 aliphatic carbocycles. The standard InChI is InChI=1S/C27H33ClN4/c1-3-8-21-16-19(17-29)15-20(4-2)25(21)26-24(18-32-13-7-11-30-12-14-32)31-23-10-6-5-9-22(23)27(26)28/h9-10,15-16,30H,3-8,11-14,18H2,1-2H3. The molecule has 5 heteroatoms. The predicted molar refractivity (Wildman–Crippen MR) is 133 cm³/mol. The topological polar surface area (TPSA) is 52.0 Å². The molecule has 1 aromatic carbocycles. The number of nitrogens with zero attached hydrogens (tertiary/aromatic N) is 3. The van der Waals surface area contributed by atoms with E-state index in [1.165, 1.54) is 16.7 Å². The molecule has 4 rings (SSSR count). The van der Waals surface area contributed by atoms with Crippen molar-refractivity contribution >= 4 is 23.8 Å². The zero-order valence-electron chi connectivity index (χ0n) is 19.3. The van der Waals surface area contributed by atoms with Crippen molar-refractivity contribution in [3.63, 3.8) is 0 Å². The van der Waals surface area contributed by atoms with Gasteiger partial charge in [0.05, 0.1) is 27.7 Å². The molecule has 0 unspecified atom stereocenters. The Hall–Kier alpha value is -2.19. The Morgan fingerprint density at radius 1 is 1.09 bits per heavy atom. The van der Waals surface area contributed by atoms with Crippen LogP contribution in [-0.2, 0) is 19.4 Å². The van der Waals surface area contributed by atoms with E-state index in [2.05, 4.69) is 48.4 Å². The second-order valence-electron chi connectivity index (χ2n) is 8.80. The van der Waals surface area contributed by atoms with Crippen molar-refractivity contribution in [1.29, 1.82) is 5.26 Å². The Morgan fingerprint density at radius 2 is 1.91 bits per heavy atom. The van der Waals surface area contributed by atoms with Gasteiger partial charge < -0.3 is 5.32 Å². The molecule has 32 heavy (non-hydrogen) atoms. The predicted octanol–water partition coefficient (Wildman–Crippen LogP) is 3.94. The van der Waals surface area contributed by atoms with E-state index in [0.717, 1.165) is 104 Å². The van der Waals surface area contributed by atoms with Crippen molar-refractivity contribution in [2.45, 2.75) is 58.9 Å². The van der Waals surface area contributed by atoms with Crippen LogP contribution < -0.4 is 15.9 Å². The average Bonchev–Trinajstić information content (AvgIpc) is 3.08. The molecular formula is C27H33ClN4. The third-order valence-corrected chi connectivity index (χ3v) is 6.91. The van der Waals surface area contributed by atoms with Gasteiger partial charge in [0.15, 0.2) is 0 Å². The minimum absolute atomic E-state index is 0.733. The number of aryl methyl sites for hydroxylation is 2. The molecule has 0 spiro atoms. The number of aromatic nitrogens is 1. The Bertz CT molecular complexity index is 1140. The van der Waals surface area contributed by atoms with E-state index in [4.69, 9.17) is 16.6 Å². The van der Waals surface area contributed by atoms with Crippen LogP contribution in [0.1, 0.15) is 61.9 Å². The number of pyridine rings is 1. The molecule has 2 heterocycles. The highest BCUT2D eigenvalue weighted by atomic mass is 35.5. The number of fused-ring (bicyclic) bond motifs is 1. The second kappa shape index (κ2) is 10.6. The Labute approximate surface area is 196 Å². The Morgan fingerprint density at radius 3 is 2.69 bits per heavy atom. The number of hydrogen-bond acceptors (Lipinski definition) is 4. The maximum absolute atomic E-state index is 9.61. The van der Waals surface area contributed by atoms with E-state index in [0.29, 0.717) is 0 Å². The smallest absolute Gasteiger partial charge is 0.0991 e. The summed E-state index contributed by atoms with van der Waals surface area (Å²) in [4.78, 5) is 7.69. The molecule has 4 nitrogen and oxygen atoms in total. The van der Waals surface area contributed by atoms with Crippen LogP contribution in [0.2, 0.25) is 5.02 Å². The summed E-state index contributed by atoms with van der Waals surface area (Å²) in [5.41, 5.74) is 6.49. The second-order valence-corrected chi connectivity index (χ2v) is 9.17. The molecule has 0 atom stereocenters. The highest BCUT2D eigenvalue weighted by Gasteiger charge is 2.22. The van der Waals surface area contributed by atoms with Crippen LogP contribution in [-0.4, -0.2) is 36.1 Å². The van der Waals surface area contributed by atoms with Gasteiger partial charge in [-0.1, -0.05) is 44.0 Å². The highest BCUT2D eigenvalue weighted by Crippen LogP contribution is 2.36. The fourth-order valence-corrected chi connectivity index (χ4v) is 5.35. The molecular weight excluding hydrogens is 416 g/mol. The van der Waals surface area contributed by atoms with Gasteiger partial charge in [0.25, 0.3) is 0 Å². The molecule has 1 aliphatic heterocycles. The van der Waals surface area contributed by atoms with Gasteiger partial charge >= 0.3 is 0 Å². The van der Waals surface area contributed by atoms with E-state index in [1.54, 1.807) is 0 Å². The van der Waals surface area contributed by atoms with Gasteiger partial charge in [0, 0.05) is 30.4 Å². The number of halogens is 1. The van der Waals surface area contributed by atoms with Gasteiger partial charge in [-0.2, -0.15) is 5.26 Å². The van der Waals surface area contributed by atoms with Gasteiger partial charge in [-0.25, -0.2) is 0 Å². The first-order valence-electron chi connectivity index (χ1n) is 12.0. The lowest BCUT2D eigenvalue weighted by molar-refractivity contribution is 0.281. The zero-order chi connectivity index (χ0) is 22.5. The molecule has 0 saturated carbocycles. The number of hydrogen-bond donors (Lipinski definition) is 1. The SMILES string of the molecule is CCCc1cc(C#N)cc(CC)c1-c1c(CN2CCCNCC2)nc2c(c1Cl)=CCCC=2. The monoisotopic (exact) mass is 448 g/mol. The third kappa shape index (κ3) is 4.76. The summed E-state index contributed by atoms with van der Waals surface area (Å²) in [6, 6.07) is 6.46. The fraction of sp³-hybridized carbons (Fsp3) is 0.481. The third-order valence-electron chi connectivity index (χ3n) is 6.52. The lowest BCUT2D eigenvalue weighted by Crippen LogP contribution is -2.35. The minimum Gasteiger partial charge on any atom is -0.315 e. The van der Waals surface area contributed by atoms with Gasteiger partial charge in [0.2, 0.25) is 0 Å². The van der Waals surface area contributed by atoms with Crippen LogP contribution in [0.3, 0.4) is 0 Å². The summed E-state index contributed by atoms with van der Waals surface area (Å²) in [6.45, 7) is 9.31. The molecule has 2 aromatic rings. The first-order chi connectivity index (χ1) is 15.7.